The summed E-state index contributed by atoms with van der Waals surface area (Å²) in [5.74, 6) is 0.183. The summed E-state index contributed by atoms with van der Waals surface area (Å²) < 4.78 is 5.42. The highest BCUT2D eigenvalue weighted by Gasteiger charge is 2.19. The molecule has 2 N–H and O–H groups in total. The molecule has 20 heavy (non-hydrogen) atoms. The van der Waals surface area contributed by atoms with Crippen LogP contribution in [0.1, 0.15) is 36.8 Å². The summed E-state index contributed by atoms with van der Waals surface area (Å²) >= 11 is 0. The molecule has 0 aliphatic heterocycles. The second-order valence-electron chi connectivity index (χ2n) is 5.10. The fourth-order valence-electron chi connectivity index (χ4n) is 1.84. The molecule has 1 aromatic heterocycles. The highest BCUT2D eigenvalue weighted by Crippen LogP contribution is 2.15. The van der Waals surface area contributed by atoms with E-state index in [1.165, 1.54) is 0 Å². The molecule has 0 spiro atoms. The Morgan fingerprint density at radius 2 is 2.15 bits per heavy atom. The molecule has 0 radical (unpaired) electrons. The monoisotopic (exact) mass is 279 g/mol. The number of rotatable bonds is 7. The van der Waals surface area contributed by atoms with Crippen LogP contribution >= 0.6 is 0 Å². The van der Waals surface area contributed by atoms with Crippen molar-refractivity contribution in [1.29, 1.82) is 0 Å². The van der Waals surface area contributed by atoms with Crippen LogP contribution in [-0.4, -0.2) is 37.2 Å². The van der Waals surface area contributed by atoms with Gasteiger partial charge in [-0.3, -0.25) is 9.78 Å². The fraction of sp³-hybridized carbons (Fsp3) is 0.600. The second-order valence-corrected chi connectivity index (χ2v) is 5.10. The summed E-state index contributed by atoms with van der Waals surface area (Å²) in [5, 5.41) is 6.05. The smallest absolute Gasteiger partial charge is 0.255 e. The van der Waals surface area contributed by atoms with E-state index >= 15 is 0 Å². The predicted molar refractivity (Wildman–Crippen MR) is 81.1 cm³/mol. The van der Waals surface area contributed by atoms with Gasteiger partial charge in [0, 0.05) is 25.5 Å². The minimum Gasteiger partial charge on any atom is -0.387 e. The molecule has 0 saturated carbocycles. The number of aryl methyl sites for hydroxylation is 1. The summed E-state index contributed by atoms with van der Waals surface area (Å²) in [7, 11) is 1.80. The highest BCUT2D eigenvalue weighted by atomic mass is 16.5. The van der Waals surface area contributed by atoms with Gasteiger partial charge in [-0.25, -0.2) is 0 Å². The van der Waals surface area contributed by atoms with Crippen molar-refractivity contribution in [2.45, 2.75) is 33.7 Å². The lowest BCUT2D eigenvalue weighted by atomic mass is 10.0. The van der Waals surface area contributed by atoms with Crippen LogP contribution in [0.5, 0.6) is 0 Å². The minimum absolute atomic E-state index is 0.00606. The van der Waals surface area contributed by atoms with E-state index in [1.54, 1.807) is 13.2 Å². The molecule has 0 aliphatic carbocycles. The maximum absolute atomic E-state index is 12.4. The van der Waals surface area contributed by atoms with Crippen molar-refractivity contribution in [3.05, 3.63) is 23.5 Å². The molecule has 1 atom stereocenters. The number of aromatic nitrogens is 1. The van der Waals surface area contributed by atoms with Crippen LogP contribution in [0, 0.1) is 12.8 Å². The number of pyridine rings is 1. The van der Waals surface area contributed by atoms with Crippen LogP contribution in [0.15, 0.2) is 12.3 Å². The number of amides is 1. The van der Waals surface area contributed by atoms with Gasteiger partial charge < -0.3 is 15.4 Å². The van der Waals surface area contributed by atoms with Gasteiger partial charge in [-0.1, -0.05) is 13.8 Å². The first-order valence-electron chi connectivity index (χ1n) is 7.02. The molecule has 1 aromatic rings. The summed E-state index contributed by atoms with van der Waals surface area (Å²) in [6.45, 7) is 9.14. The van der Waals surface area contributed by atoms with E-state index in [4.69, 9.17) is 4.74 Å². The maximum Gasteiger partial charge on any atom is 0.255 e. The Morgan fingerprint density at radius 1 is 1.45 bits per heavy atom. The first-order valence-corrected chi connectivity index (χ1v) is 7.02. The van der Waals surface area contributed by atoms with Gasteiger partial charge in [-0.15, -0.1) is 0 Å². The van der Waals surface area contributed by atoms with Crippen molar-refractivity contribution in [2.75, 3.05) is 25.6 Å². The van der Waals surface area contributed by atoms with Crippen molar-refractivity contribution in [3.63, 3.8) is 0 Å². The standard InChI is InChI=1S/C15H25N3O2/c1-6-20-9-14(10(2)3)18-15(19)12-8-17-11(4)7-13(12)16-5/h7-8,10,14H,6,9H2,1-5H3,(H,16,17)(H,18,19). The number of carbonyl (C=O) groups excluding carboxylic acids is 1. The molecular formula is C15H25N3O2. The Morgan fingerprint density at radius 3 is 2.70 bits per heavy atom. The third kappa shape index (κ3) is 4.49. The zero-order valence-corrected chi connectivity index (χ0v) is 13.0. The summed E-state index contributed by atoms with van der Waals surface area (Å²) in [5.41, 5.74) is 2.22. The topological polar surface area (TPSA) is 63.2 Å². The molecule has 1 rings (SSSR count). The van der Waals surface area contributed by atoms with Crippen LogP contribution in [-0.2, 0) is 4.74 Å². The second kappa shape index (κ2) is 7.85. The van der Waals surface area contributed by atoms with Crippen molar-refractivity contribution in [3.8, 4) is 0 Å². The third-order valence-corrected chi connectivity index (χ3v) is 3.18. The molecule has 1 heterocycles. The molecule has 5 nitrogen and oxygen atoms in total. The van der Waals surface area contributed by atoms with Crippen molar-refractivity contribution in [2.24, 2.45) is 5.92 Å². The molecule has 0 aromatic carbocycles. The number of hydrogen-bond acceptors (Lipinski definition) is 4. The van der Waals surface area contributed by atoms with Crippen LogP contribution in [0.3, 0.4) is 0 Å². The molecule has 0 bridgehead atoms. The fourth-order valence-corrected chi connectivity index (χ4v) is 1.84. The van der Waals surface area contributed by atoms with Gasteiger partial charge in [0.25, 0.3) is 5.91 Å². The summed E-state index contributed by atoms with van der Waals surface area (Å²) in [6.07, 6.45) is 1.61. The zero-order valence-electron chi connectivity index (χ0n) is 13.0. The number of ether oxygens (including phenoxy) is 1. The van der Waals surface area contributed by atoms with E-state index in [0.717, 1.165) is 11.4 Å². The quantitative estimate of drug-likeness (QED) is 0.803. The van der Waals surface area contributed by atoms with E-state index in [-0.39, 0.29) is 11.9 Å². The van der Waals surface area contributed by atoms with Crippen molar-refractivity contribution in [1.82, 2.24) is 10.3 Å². The van der Waals surface area contributed by atoms with E-state index < -0.39 is 0 Å². The lowest BCUT2D eigenvalue weighted by Crippen LogP contribution is -2.42. The predicted octanol–water partition coefficient (Wildman–Crippen LogP) is 2.22. The number of hydrogen-bond donors (Lipinski definition) is 2. The largest absolute Gasteiger partial charge is 0.387 e. The molecule has 0 aliphatic rings. The van der Waals surface area contributed by atoms with E-state index in [1.807, 2.05) is 19.9 Å². The lowest BCUT2D eigenvalue weighted by molar-refractivity contribution is 0.0806. The zero-order chi connectivity index (χ0) is 15.1. The summed E-state index contributed by atoms with van der Waals surface area (Å²) in [4.78, 5) is 16.6. The molecule has 1 unspecified atom stereocenters. The molecular weight excluding hydrogens is 254 g/mol. The SMILES string of the molecule is CCOCC(NC(=O)c1cnc(C)cc1NC)C(C)C. The Balaban J connectivity index is 2.83. The average molecular weight is 279 g/mol. The third-order valence-electron chi connectivity index (χ3n) is 3.18. The summed E-state index contributed by atoms with van der Waals surface area (Å²) in [6, 6.07) is 1.86. The van der Waals surface area contributed by atoms with Gasteiger partial charge >= 0.3 is 0 Å². The van der Waals surface area contributed by atoms with Gasteiger partial charge in [-0.05, 0) is 25.8 Å². The average Bonchev–Trinajstić information content (AvgIpc) is 2.42. The Hall–Kier alpha value is -1.62. The van der Waals surface area contributed by atoms with E-state index in [9.17, 15) is 4.79 Å². The first kappa shape index (κ1) is 16.4. The Bertz CT molecular complexity index is 447. The van der Waals surface area contributed by atoms with Gasteiger partial charge in [0.1, 0.15) is 0 Å². The minimum atomic E-state index is -0.125. The molecule has 1 amide bonds. The van der Waals surface area contributed by atoms with Crippen LogP contribution < -0.4 is 10.6 Å². The molecule has 112 valence electrons. The van der Waals surface area contributed by atoms with Gasteiger partial charge in [0.05, 0.1) is 23.9 Å². The number of carbonyl (C=O) groups is 1. The van der Waals surface area contributed by atoms with Gasteiger partial charge in [-0.2, -0.15) is 0 Å². The van der Waals surface area contributed by atoms with Gasteiger partial charge in [0.15, 0.2) is 0 Å². The first-order chi connectivity index (χ1) is 9.49. The van der Waals surface area contributed by atoms with Crippen LogP contribution in [0.4, 0.5) is 5.69 Å². The van der Waals surface area contributed by atoms with E-state index in [0.29, 0.717) is 24.7 Å². The Labute approximate surface area is 121 Å². The lowest BCUT2D eigenvalue weighted by Gasteiger charge is -2.22. The normalized spacial score (nSPS) is 12.3. The van der Waals surface area contributed by atoms with Crippen LogP contribution in [0.2, 0.25) is 0 Å². The number of nitrogens with zero attached hydrogens (tertiary/aromatic N) is 1. The number of anilines is 1. The number of nitrogens with one attached hydrogen (secondary N) is 2. The van der Waals surface area contributed by atoms with Crippen LogP contribution in [0.25, 0.3) is 0 Å². The van der Waals surface area contributed by atoms with Gasteiger partial charge in [0.2, 0.25) is 0 Å². The molecule has 0 fully saturated rings. The molecule has 0 saturated heterocycles. The Kier molecular flexibility index (Phi) is 6.45. The molecule has 5 heteroatoms. The highest BCUT2D eigenvalue weighted by molar-refractivity contribution is 5.99. The van der Waals surface area contributed by atoms with Crippen molar-refractivity contribution < 1.29 is 9.53 Å². The maximum atomic E-state index is 12.4. The van der Waals surface area contributed by atoms with Crippen molar-refractivity contribution >= 4 is 11.6 Å². The van der Waals surface area contributed by atoms with E-state index in [2.05, 4.69) is 29.5 Å².